The van der Waals surface area contributed by atoms with Gasteiger partial charge in [-0.1, -0.05) is 72.3 Å². The molecule has 0 bridgehead atoms. The Morgan fingerprint density at radius 1 is 1.00 bits per heavy atom. The van der Waals surface area contributed by atoms with E-state index < -0.39 is 5.97 Å². The molecular formula is C18H14ClN3O2. The summed E-state index contributed by atoms with van der Waals surface area (Å²) in [5.41, 5.74) is 1.64. The number of halogens is 1. The van der Waals surface area contributed by atoms with Gasteiger partial charge in [-0.05, 0) is 5.56 Å². The highest BCUT2D eigenvalue weighted by Crippen LogP contribution is 2.26. The minimum Gasteiger partial charge on any atom is -0.477 e. The predicted octanol–water partition coefficient (Wildman–Crippen LogP) is 4.11. The SMILES string of the molecule is O=C(O)c1c(Cl)nc(-c2ccccc2)nc1NCc1ccccc1. The third-order valence-corrected chi connectivity index (χ3v) is 3.69. The Balaban J connectivity index is 1.98. The van der Waals surface area contributed by atoms with Gasteiger partial charge in [0.15, 0.2) is 5.82 Å². The fourth-order valence-corrected chi connectivity index (χ4v) is 2.50. The van der Waals surface area contributed by atoms with Crippen molar-refractivity contribution in [1.29, 1.82) is 0 Å². The molecule has 2 aromatic carbocycles. The second-order valence-electron chi connectivity index (χ2n) is 5.07. The summed E-state index contributed by atoms with van der Waals surface area (Å²) in [5, 5.41) is 12.4. The number of aromatic nitrogens is 2. The number of aromatic carboxylic acids is 1. The minimum absolute atomic E-state index is 0.0908. The van der Waals surface area contributed by atoms with Gasteiger partial charge in [-0.3, -0.25) is 0 Å². The van der Waals surface area contributed by atoms with E-state index in [1.165, 1.54) is 0 Å². The third-order valence-electron chi connectivity index (χ3n) is 3.41. The number of benzene rings is 2. The first-order valence-electron chi connectivity index (χ1n) is 7.29. The van der Waals surface area contributed by atoms with Crippen molar-refractivity contribution in [3.8, 4) is 11.4 Å². The van der Waals surface area contributed by atoms with Crippen molar-refractivity contribution >= 4 is 23.4 Å². The van der Waals surface area contributed by atoms with Gasteiger partial charge in [0.25, 0.3) is 0 Å². The smallest absolute Gasteiger partial charge is 0.342 e. The van der Waals surface area contributed by atoms with Crippen molar-refractivity contribution in [3.63, 3.8) is 0 Å². The highest BCUT2D eigenvalue weighted by Gasteiger charge is 2.20. The van der Waals surface area contributed by atoms with Gasteiger partial charge in [-0.2, -0.15) is 0 Å². The van der Waals surface area contributed by atoms with Gasteiger partial charge in [-0.25, -0.2) is 14.8 Å². The molecule has 0 aliphatic rings. The number of nitrogens with zero attached hydrogens (tertiary/aromatic N) is 2. The van der Waals surface area contributed by atoms with Crippen molar-refractivity contribution in [1.82, 2.24) is 9.97 Å². The molecule has 1 heterocycles. The zero-order valence-corrected chi connectivity index (χ0v) is 13.4. The third kappa shape index (κ3) is 3.52. The van der Waals surface area contributed by atoms with E-state index in [9.17, 15) is 9.90 Å². The second-order valence-corrected chi connectivity index (χ2v) is 5.43. The largest absolute Gasteiger partial charge is 0.477 e. The predicted molar refractivity (Wildman–Crippen MR) is 93.2 cm³/mol. The number of nitrogens with one attached hydrogen (secondary N) is 1. The number of anilines is 1. The number of carboxylic acid groups (broad SMARTS) is 1. The molecule has 0 aliphatic carbocycles. The standard InChI is InChI=1S/C18H14ClN3O2/c19-15-14(18(23)24)17(20-11-12-7-3-1-4-8-12)22-16(21-15)13-9-5-2-6-10-13/h1-10H,11H2,(H,23,24)(H,20,21,22). The molecule has 0 radical (unpaired) electrons. The van der Waals surface area contributed by atoms with Crippen LogP contribution < -0.4 is 5.32 Å². The first kappa shape index (κ1) is 16.0. The monoisotopic (exact) mass is 339 g/mol. The van der Waals surface area contributed by atoms with Crippen LogP contribution in [0.25, 0.3) is 11.4 Å². The van der Waals surface area contributed by atoms with Gasteiger partial charge in [0.2, 0.25) is 0 Å². The van der Waals surface area contributed by atoms with Crippen LogP contribution in [0.15, 0.2) is 60.7 Å². The Hall–Kier alpha value is -2.92. The van der Waals surface area contributed by atoms with Crippen LogP contribution in [0.3, 0.4) is 0 Å². The van der Waals surface area contributed by atoms with Gasteiger partial charge in [0.1, 0.15) is 16.5 Å². The van der Waals surface area contributed by atoms with Crippen molar-refractivity contribution in [3.05, 3.63) is 76.9 Å². The Morgan fingerprint density at radius 3 is 2.25 bits per heavy atom. The molecule has 24 heavy (non-hydrogen) atoms. The zero-order valence-electron chi connectivity index (χ0n) is 12.6. The highest BCUT2D eigenvalue weighted by molar-refractivity contribution is 6.33. The molecule has 120 valence electrons. The summed E-state index contributed by atoms with van der Waals surface area (Å²) in [6, 6.07) is 18.9. The van der Waals surface area contributed by atoms with Gasteiger partial charge in [-0.15, -0.1) is 0 Å². The van der Waals surface area contributed by atoms with Crippen LogP contribution in [-0.2, 0) is 6.54 Å². The Morgan fingerprint density at radius 2 is 1.62 bits per heavy atom. The first-order valence-corrected chi connectivity index (χ1v) is 7.67. The molecule has 0 saturated carbocycles. The zero-order chi connectivity index (χ0) is 16.9. The Bertz CT molecular complexity index is 855. The molecule has 0 fully saturated rings. The normalized spacial score (nSPS) is 10.4. The van der Waals surface area contributed by atoms with E-state index in [2.05, 4.69) is 15.3 Å². The maximum atomic E-state index is 11.5. The lowest BCUT2D eigenvalue weighted by molar-refractivity contribution is 0.0697. The van der Waals surface area contributed by atoms with Crippen LogP contribution in [0.4, 0.5) is 5.82 Å². The summed E-state index contributed by atoms with van der Waals surface area (Å²) < 4.78 is 0. The van der Waals surface area contributed by atoms with Gasteiger partial charge in [0.05, 0.1) is 0 Å². The van der Waals surface area contributed by atoms with Crippen molar-refractivity contribution in [2.24, 2.45) is 0 Å². The first-order chi connectivity index (χ1) is 11.6. The van der Waals surface area contributed by atoms with Crippen molar-refractivity contribution in [2.45, 2.75) is 6.54 Å². The number of hydrogen-bond acceptors (Lipinski definition) is 4. The van der Waals surface area contributed by atoms with Crippen LogP contribution in [0.5, 0.6) is 0 Å². The van der Waals surface area contributed by atoms with Crippen LogP contribution in [-0.4, -0.2) is 21.0 Å². The lowest BCUT2D eigenvalue weighted by Crippen LogP contribution is -2.11. The van der Waals surface area contributed by atoms with E-state index in [1.54, 1.807) is 0 Å². The van der Waals surface area contributed by atoms with E-state index in [0.29, 0.717) is 12.4 Å². The highest BCUT2D eigenvalue weighted by atomic mass is 35.5. The molecule has 5 nitrogen and oxygen atoms in total. The fraction of sp³-hybridized carbons (Fsp3) is 0.0556. The molecule has 0 atom stereocenters. The summed E-state index contributed by atoms with van der Waals surface area (Å²) in [4.78, 5) is 20.0. The van der Waals surface area contributed by atoms with E-state index in [4.69, 9.17) is 11.6 Å². The van der Waals surface area contributed by atoms with Crippen LogP contribution >= 0.6 is 11.6 Å². The number of carboxylic acids is 1. The van der Waals surface area contributed by atoms with Crippen LogP contribution in [0, 0.1) is 0 Å². The summed E-state index contributed by atoms with van der Waals surface area (Å²) in [6.07, 6.45) is 0. The van der Waals surface area contributed by atoms with E-state index in [-0.39, 0.29) is 16.5 Å². The number of carbonyl (C=O) groups is 1. The molecule has 3 rings (SSSR count). The maximum Gasteiger partial charge on any atom is 0.342 e. The van der Waals surface area contributed by atoms with Crippen LogP contribution in [0.2, 0.25) is 5.15 Å². The molecule has 1 aromatic heterocycles. The molecule has 0 spiro atoms. The fourth-order valence-electron chi connectivity index (χ4n) is 2.25. The molecule has 0 saturated heterocycles. The van der Waals surface area contributed by atoms with Crippen molar-refractivity contribution < 1.29 is 9.90 Å². The quantitative estimate of drug-likeness (QED) is 0.684. The van der Waals surface area contributed by atoms with Gasteiger partial charge < -0.3 is 10.4 Å². The summed E-state index contributed by atoms with van der Waals surface area (Å²) >= 11 is 6.09. The minimum atomic E-state index is -1.17. The Kier molecular flexibility index (Phi) is 4.72. The molecule has 6 heteroatoms. The Labute approximate surface area is 144 Å². The lowest BCUT2D eigenvalue weighted by atomic mass is 10.2. The molecule has 0 unspecified atom stereocenters. The van der Waals surface area contributed by atoms with E-state index in [1.807, 2.05) is 60.7 Å². The second kappa shape index (κ2) is 7.10. The maximum absolute atomic E-state index is 11.5. The average molecular weight is 340 g/mol. The van der Waals surface area contributed by atoms with Gasteiger partial charge in [0, 0.05) is 12.1 Å². The van der Waals surface area contributed by atoms with E-state index in [0.717, 1.165) is 11.1 Å². The number of rotatable bonds is 5. The van der Waals surface area contributed by atoms with E-state index >= 15 is 0 Å². The number of hydrogen-bond donors (Lipinski definition) is 2. The summed E-state index contributed by atoms with van der Waals surface area (Å²) in [7, 11) is 0. The lowest BCUT2D eigenvalue weighted by Gasteiger charge is -2.12. The van der Waals surface area contributed by atoms with Crippen LogP contribution in [0.1, 0.15) is 15.9 Å². The average Bonchev–Trinajstić information content (AvgIpc) is 2.60. The van der Waals surface area contributed by atoms with Gasteiger partial charge >= 0.3 is 5.97 Å². The molecule has 2 N–H and O–H groups in total. The molecule has 0 aliphatic heterocycles. The topological polar surface area (TPSA) is 75.1 Å². The molecule has 0 amide bonds. The van der Waals surface area contributed by atoms with Crippen molar-refractivity contribution in [2.75, 3.05) is 5.32 Å². The summed E-state index contributed by atoms with van der Waals surface area (Å²) in [6.45, 7) is 0.433. The summed E-state index contributed by atoms with van der Waals surface area (Å²) in [5.74, 6) is -0.596. The molecule has 3 aromatic rings. The molecular weight excluding hydrogens is 326 g/mol.